The summed E-state index contributed by atoms with van der Waals surface area (Å²) in [5.74, 6) is -0.0474. The predicted molar refractivity (Wildman–Crippen MR) is 80.4 cm³/mol. The minimum absolute atomic E-state index is 0.0474. The maximum absolute atomic E-state index is 12.6. The van der Waals surface area contributed by atoms with Gasteiger partial charge in [-0.15, -0.1) is 0 Å². The minimum Gasteiger partial charge on any atom is -0.345 e. The molecule has 0 saturated carbocycles. The average Bonchev–Trinajstić information content (AvgIpc) is 2.92. The Morgan fingerprint density at radius 2 is 2.00 bits per heavy atom. The lowest BCUT2D eigenvalue weighted by atomic mass is 10.0. The lowest BCUT2D eigenvalue weighted by Gasteiger charge is -2.02. The van der Waals surface area contributed by atoms with Gasteiger partial charge < -0.3 is 4.98 Å². The zero-order chi connectivity index (χ0) is 14.1. The van der Waals surface area contributed by atoms with Crippen molar-refractivity contribution in [2.24, 2.45) is 0 Å². The van der Waals surface area contributed by atoms with Gasteiger partial charge in [-0.05, 0) is 18.1 Å². The Bertz CT molecular complexity index is 775. The minimum atomic E-state index is -0.0474. The number of H-pyrrole nitrogens is 1. The van der Waals surface area contributed by atoms with Crippen LogP contribution in [0.4, 0.5) is 0 Å². The van der Waals surface area contributed by atoms with Crippen molar-refractivity contribution in [2.75, 3.05) is 0 Å². The number of fused-ring (bicyclic) bond motifs is 1. The molecule has 0 aliphatic rings. The number of ketones is 1. The predicted octanol–water partition coefficient (Wildman–Crippen LogP) is 4.01. The van der Waals surface area contributed by atoms with Gasteiger partial charge in [-0.3, -0.25) is 4.79 Å². The molecule has 0 saturated heterocycles. The molecule has 0 amide bonds. The molecule has 0 spiro atoms. The summed E-state index contributed by atoms with van der Waals surface area (Å²) in [5.41, 5.74) is 3.05. The van der Waals surface area contributed by atoms with E-state index >= 15 is 0 Å². The van der Waals surface area contributed by atoms with Crippen molar-refractivity contribution in [1.82, 2.24) is 9.97 Å². The van der Waals surface area contributed by atoms with Crippen LogP contribution in [-0.2, 0) is 6.42 Å². The number of aryl methyl sites for hydroxylation is 1. The summed E-state index contributed by atoms with van der Waals surface area (Å²) in [5, 5.41) is 1.21. The molecule has 0 radical (unpaired) electrons. The number of carbonyl (C=O) groups excluding carboxylic acids is 1. The van der Waals surface area contributed by atoms with Gasteiger partial charge in [0.2, 0.25) is 0 Å². The van der Waals surface area contributed by atoms with Crippen LogP contribution in [0, 0.1) is 0 Å². The summed E-state index contributed by atoms with van der Waals surface area (Å²) >= 11 is 6.17. The number of hydrogen-bond acceptors (Lipinski definition) is 2. The van der Waals surface area contributed by atoms with Crippen LogP contribution in [0.3, 0.4) is 0 Å². The molecule has 0 aliphatic heterocycles. The van der Waals surface area contributed by atoms with E-state index in [-0.39, 0.29) is 5.78 Å². The van der Waals surface area contributed by atoms with E-state index in [1.807, 2.05) is 24.3 Å². The Balaban J connectivity index is 2.08. The Morgan fingerprint density at radius 1 is 1.25 bits per heavy atom. The SMILES string of the molecule is CCc1ccc(C(=O)c2c[nH]c3nccc(Cl)c23)cc1. The number of aromatic nitrogens is 2. The number of nitrogens with one attached hydrogen (secondary N) is 1. The molecule has 0 atom stereocenters. The lowest BCUT2D eigenvalue weighted by molar-refractivity contribution is 0.104. The van der Waals surface area contributed by atoms with E-state index in [1.165, 1.54) is 5.56 Å². The number of rotatable bonds is 3. The van der Waals surface area contributed by atoms with Crippen molar-refractivity contribution >= 4 is 28.4 Å². The first-order valence-electron chi connectivity index (χ1n) is 6.46. The van der Waals surface area contributed by atoms with Gasteiger partial charge >= 0.3 is 0 Å². The van der Waals surface area contributed by atoms with Crippen molar-refractivity contribution in [3.05, 3.63) is 64.4 Å². The number of halogens is 1. The number of nitrogens with zero attached hydrogens (tertiary/aromatic N) is 1. The lowest BCUT2D eigenvalue weighted by Crippen LogP contribution is -2.00. The molecule has 20 heavy (non-hydrogen) atoms. The number of hydrogen-bond donors (Lipinski definition) is 1. The largest absolute Gasteiger partial charge is 0.345 e. The summed E-state index contributed by atoms with van der Waals surface area (Å²) in [6.07, 6.45) is 4.24. The van der Waals surface area contributed by atoms with E-state index in [0.717, 1.165) is 6.42 Å². The molecule has 1 aromatic carbocycles. The van der Waals surface area contributed by atoms with Gasteiger partial charge in [0, 0.05) is 23.3 Å². The molecule has 3 aromatic rings. The first-order chi connectivity index (χ1) is 9.70. The topological polar surface area (TPSA) is 45.8 Å². The maximum Gasteiger partial charge on any atom is 0.195 e. The van der Waals surface area contributed by atoms with Gasteiger partial charge in [0.1, 0.15) is 5.65 Å². The van der Waals surface area contributed by atoms with Crippen LogP contribution < -0.4 is 0 Å². The molecule has 2 aromatic heterocycles. The monoisotopic (exact) mass is 284 g/mol. The van der Waals surface area contributed by atoms with E-state index in [2.05, 4.69) is 16.9 Å². The zero-order valence-corrected chi connectivity index (χ0v) is 11.7. The van der Waals surface area contributed by atoms with Crippen LogP contribution >= 0.6 is 11.6 Å². The molecule has 0 bridgehead atoms. The highest BCUT2D eigenvalue weighted by atomic mass is 35.5. The van der Waals surface area contributed by atoms with E-state index in [4.69, 9.17) is 11.6 Å². The second-order valence-corrected chi connectivity index (χ2v) is 5.01. The molecular weight excluding hydrogens is 272 g/mol. The summed E-state index contributed by atoms with van der Waals surface area (Å²) in [7, 11) is 0. The molecule has 0 fully saturated rings. The van der Waals surface area contributed by atoms with Gasteiger partial charge in [-0.2, -0.15) is 0 Å². The first-order valence-corrected chi connectivity index (χ1v) is 6.83. The Kier molecular flexibility index (Phi) is 3.28. The Hall–Kier alpha value is -2.13. The average molecular weight is 285 g/mol. The normalized spacial score (nSPS) is 10.9. The molecule has 0 aliphatic carbocycles. The summed E-state index contributed by atoms with van der Waals surface area (Å²) < 4.78 is 0. The van der Waals surface area contributed by atoms with Gasteiger partial charge in [-0.1, -0.05) is 42.8 Å². The fourth-order valence-corrected chi connectivity index (χ4v) is 2.49. The van der Waals surface area contributed by atoms with Gasteiger partial charge in [-0.25, -0.2) is 4.98 Å². The van der Waals surface area contributed by atoms with Gasteiger partial charge in [0.05, 0.1) is 10.6 Å². The van der Waals surface area contributed by atoms with Crippen LogP contribution in [0.1, 0.15) is 28.4 Å². The molecule has 2 heterocycles. The highest BCUT2D eigenvalue weighted by Crippen LogP contribution is 2.26. The molecule has 100 valence electrons. The van der Waals surface area contributed by atoms with Gasteiger partial charge in [0.15, 0.2) is 5.78 Å². The quantitative estimate of drug-likeness (QED) is 0.739. The van der Waals surface area contributed by atoms with E-state index < -0.39 is 0 Å². The van der Waals surface area contributed by atoms with Crippen molar-refractivity contribution < 1.29 is 4.79 Å². The van der Waals surface area contributed by atoms with Crippen LogP contribution in [0.5, 0.6) is 0 Å². The third kappa shape index (κ3) is 2.10. The number of benzene rings is 1. The summed E-state index contributed by atoms with van der Waals surface area (Å²) in [4.78, 5) is 19.7. The van der Waals surface area contributed by atoms with Crippen LogP contribution in [0.2, 0.25) is 5.02 Å². The van der Waals surface area contributed by atoms with E-state index in [0.29, 0.717) is 27.2 Å². The molecular formula is C16H13ClN2O. The van der Waals surface area contributed by atoms with Crippen molar-refractivity contribution in [1.29, 1.82) is 0 Å². The van der Waals surface area contributed by atoms with Crippen LogP contribution in [-0.4, -0.2) is 15.8 Å². The number of carbonyl (C=O) groups is 1. The second-order valence-electron chi connectivity index (χ2n) is 4.60. The molecule has 4 heteroatoms. The fourth-order valence-electron chi connectivity index (χ4n) is 2.24. The molecule has 1 N–H and O–H groups in total. The van der Waals surface area contributed by atoms with E-state index in [1.54, 1.807) is 18.5 Å². The standard InChI is InChI=1S/C16H13ClN2O/c1-2-10-3-5-11(6-4-10)15(20)12-9-19-16-14(12)13(17)7-8-18-16/h3-9H,2H2,1H3,(H,18,19). The smallest absolute Gasteiger partial charge is 0.195 e. The fraction of sp³-hybridized carbons (Fsp3) is 0.125. The number of aromatic amines is 1. The van der Waals surface area contributed by atoms with Gasteiger partial charge in [0.25, 0.3) is 0 Å². The van der Waals surface area contributed by atoms with Crippen LogP contribution in [0.15, 0.2) is 42.7 Å². The zero-order valence-electron chi connectivity index (χ0n) is 11.0. The van der Waals surface area contributed by atoms with Crippen molar-refractivity contribution in [2.45, 2.75) is 13.3 Å². The highest BCUT2D eigenvalue weighted by Gasteiger charge is 2.16. The Morgan fingerprint density at radius 3 is 2.70 bits per heavy atom. The highest BCUT2D eigenvalue weighted by molar-refractivity contribution is 6.37. The molecule has 3 rings (SSSR count). The number of pyridine rings is 1. The summed E-state index contributed by atoms with van der Waals surface area (Å²) in [6.45, 7) is 2.09. The molecule has 3 nitrogen and oxygen atoms in total. The maximum atomic E-state index is 12.6. The third-order valence-electron chi connectivity index (χ3n) is 3.39. The Labute approximate surface area is 121 Å². The summed E-state index contributed by atoms with van der Waals surface area (Å²) in [6, 6.07) is 9.34. The third-order valence-corrected chi connectivity index (χ3v) is 3.71. The first kappa shape index (κ1) is 12.9. The van der Waals surface area contributed by atoms with Crippen LogP contribution in [0.25, 0.3) is 11.0 Å². The van der Waals surface area contributed by atoms with E-state index in [9.17, 15) is 4.79 Å². The molecule has 0 unspecified atom stereocenters. The van der Waals surface area contributed by atoms with Crippen molar-refractivity contribution in [3.63, 3.8) is 0 Å². The second kappa shape index (κ2) is 5.10. The van der Waals surface area contributed by atoms with Crippen molar-refractivity contribution in [3.8, 4) is 0 Å².